The maximum Gasteiger partial charge on any atom is 0.167 e. The van der Waals surface area contributed by atoms with Gasteiger partial charge < -0.3 is 5.32 Å². The van der Waals surface area contributed by atoms with Gasteiger partial charge in [-0.05, 0) is 29.8 Å². The van der Waals surface area contributed by atoms with Crippen LogP contribution in [0.2, 0.25) is 0 Å². The number of benzene rings is 1. The van der Waals surface area contributed by atoms with Crippen molar-refractivity contribution in [1.29, 1.82) is 0 Å². The molecule has 0 aliphatic rings. The molecule has 3 aromatic rings. The monoisotopic (exact) mass is 324 g/mol. The fourth-order valence-electron chi connectivity index (χ4n) is 2.29. The van der Waals surface area contributed by atoms with E-state index in [0.717, 1.165) is 5.56 Å². The number of anilines is 1. The molecule has 0 bridgehead atoms. The molecule has 0 saturated carbocycles. The van der Waals surface area contributed by atoms with Gasteiger partial charge in [-0.3, -0.25) is 4.79 Å². The molecule has 1 N–H and O–H groups in total. The Balaban J connectivity index is 1.86. The number of hydrogen-bond acceptors (Lipinski definition) is 4. The molecular weight excluding hydrogens is 307 g/mol. The molecule has 3 rings (SSSR count). The number of hydrogen-bond donors (Lipinski definition) is 1. The lowest BCUT2D eigenvalue weighted by atomic mass is 10.1. The van der Waals surface area contributed by atoms with Crippen molar-refractivity contribution in [2.24, 2.45) is 0 Å². The average molecular weight is 324 g/mol. The molecule has 2 aromatic heterocycles. The molecule has 0 amide bonds. The van der Waals surface area contributed by atoms with E-state index in [1.165, 1.54) is 12.1 Å². The number of rotatable bonds is 6. The minimum atomic E-state index is -0.278. The van der Waals surface area contributed by atoms with Crippen molar-refractivity contribution < 1.29 is 9.18 Å². The molecule has 0 aliphatic heterocycles. The van der Waals surface area contributed by atoms with E-state index in [0.29, 0.717) is 30.2 Å². The number of nitrogens with one attached hydrogen (secondary N) is 1. The second-order valence-corrected chi connectivity index (χ2v) is 5.28. The van der Waals surface area contributed by atoms with Crippen LogP contribution < -0.4 is 5.32 Å². The second-order valence-electron chi connectivity index (χ2n) is 5.28. The summed E-state index contributed by atoms with van der Waals surface area (Å²) in [5, 5.41) is 7.58. The molecule has 24 heavy (non-hydrogen) atoms. The molecule has 0 aliphatic carbocycles. The summed E-state index contributed by atoms with van der Waals surface area (Å²) in [6.07, 6.45) is 3.74. The minimum Gasteiger partial charge on any atom is -0.364 e. The summed E-state index contributed by atoms with van der Waals surface area (Å²) >= 11 is 0. The van der Waals surface area contributed by atoms with Crippen LogP contribution in [-0.2, 0) is 6.54 Å². The molecule has 0 saturated heterocycles. The number of nitrogens with zero attached hydrogens (tertiary/aromatic N) is 3. The zero-order chi connectivity index (χ0) is 16.9. The van der Waals surface area contributed by atoms with Gasteiger partial charge in [-0.15, -0.1) is 5.10 Å². The first-order valence-electron chi connectivity index (χ1n) is 7.70. The number of pyridine rings is 1. The number of aromatic nitrogens is 3. The zero-order valence-electron chi connectivity index (χ0n) is 13.2. The van der Waals surface area contributed by atoms with Gasteiger partial charge in [-0.2, -0.15) is 0 Å². The maximum absolute atomic E-state index is 13.0. The number of ketones is 1. The van der Waals surface area contributed by atoms with Crippen LogP contribution in [0.4, 0.5) is 10.2 Å². The van der Waals surface area contributed by atoms with Crippen molar-refractivity contribution in [2.45, 2.75) is 19.9 Å². The summed E-state index contributed by atoms with van der Waals surface area (Å²) in [6.45, 7) is 2.26. The van der Waals surface area contributed by atoms with Crippen molar-refractivity contribution in [3.8, 4) is 5.82 Å². The van der Waals surface area contributed by atoms with Gasteiger partial charge in [-0.25, -0.2) is 14.1 Å². The van der Waals surface area contributed by atoms with E-state index in [1.54, 1.807) is 29.2 Å². The Hall–Kier alpha value is -3.02. The van der Waals surface area contributed by atoms with Crippen LogP contribution >= 0.6 is 0 Å². The Bertz CT molecular complexity index is 828. The van der Waals surface area contributed by atoms with Gasteiger partial charge >= 0.3 is 0 Å². The van der Waals surface area contributed by atoms with E-state index in [1.807, 2.05) is 25.1 Å². The van der Waals surface area contributed by atoms with E-state index in [4.69, 9.17) is 0 Å². The molecule has 0 radical (unpaired) electrons. The van der Waals surface area contributed by atoms with Crippen LogP contribution in [0, 0.1) is 5.82 Å². The zero-order valence-corrected chi connectivity index (χ0v) is 13.2. The van der Waals surface area contributed by atoms with Crippen LogP contribution in [0.3, 0.4) is 0 Å². The average Bonchev–Trinajstić information content (AvgIpc) is 3.05. The van der Waals surface area contributed by atoms with Crippen LogP contribution in [0.1, 0.15) is 29.3 Å². The van der Waals surface area contributed by atoms with Gasteiger partial charge in [0.15, 0.2) is 17.4 Å². The van der Waals surface area contributed by atoms with Crippen molar-refractivity contribution in [1.82, 2.24) is 14.8 Å². The third kappa shape index (κ3) is 3.48. The molecular formula is C18H17FN4O. The Morgan fingerprint density at radius 2 is 2.00 bits per heavy atom. The highest BCUT2D eigenvalue weighted by atomic mass is 19.1. The van der Waals surface area contributed by atoms with Crippen molar-refractivity contribution in [3.05, 3.63) is 71.8 Å². The first-order chi connectivity index (χ1) is 11.7. The van der Waals surface area contributed by atoms with E-state index < -0.39 is 0 Å². The van der Waals surface area contributed by atoms with Gasteiger partial charge in [0.2, 0.25) is 0 Å². The predicted octanol–water partition coefficient (Wildman–Crippen LogP) is 3.61. The summed E-state index contributed by atoms with van der Waals surface area (Å²) in [5.41, 5.74) is 1.42. The number of carbonyl (C=O) groups excluding carboxylic acids is 1. The molecule has 5 nitrogen and oxygen atoms in total. The number of halogens is 1. The van der Waals surface area contributed by atoms with Crippen LogP contribution in [-0.4, -0.2) is 20.5 Å². The van der Waals surface area contributed by atoms with E-state index >= 15 is 0 Å². The molecule has 1 aromatic carbocycles. The quantitative estimate of drug-likeness (QED) is 0.704. The highest BCUT2D eigenvalue weighted by molar-refractivity contribution is 6.00. The third-order valence-electron chi connectivity index (χ3n) is 3.59. The summed E-state index contributed by atoms with van der Waals surface area (Å²) in [4.78, 5) is 16.4. The summed E-state index contributed by atoms with van der Waals surface area (Å²) in [6, 6.07) is 11.7. The fraction of sp³-hybridized carbons (Fsp3) is 0.167. The number of carbonyl (C=O) groups is 1. The lowest BCUT2D eigenvalue weighted by molar-refractivity contribution is 0.0989. The molecule has 0 atom stereocenters. The van der Waals surface area contributed by atoms with Crippen molar-refractivity contribution in [2.75, 3.05) is 5.32 Å². The normalized spacial score (nSPS) is 10.6. The smallest absolute Gasteiger partial charge is 0.167 e. The van der Waals surface area contributed by atoms with E-state index in [2.05, 4.69) is 15.4 Å². The highest BCUT2D eigenvalue weighted by Crippen LogP contribution is 2.18. The molecule has 0 spiro atoms. The maximum atomic E-state index is 13.0. The number of Topliss-reactive ketones (excluding diaryl/α,β-unsaturated/α-hetero) is 1. The first-order valence-corrected chi connectivity index (χ1v) is 7.70. The van der Waals surface area contributed by atoms with Crippen molar-refractivity contribution in [3.63, 3.8) is 0 Å². The van der Waals surface area contributed by atoms with Gasteiger partial charge in [0.05, 0.1) is 5.56 Å². The van der Waals surface area contributed by atoms with E-state index in [-0.39, 0.29) is 11.6 Å². The van der Waals surface area contributed by atoms with Gasteiger partial charge in [-0.1, -0.05) is 25.1 Å². The third-order valence-corrected chi connectivity index (χ3v) is 3.59. The molecule has 122 valence electrons. The Morgan fingerprint density at radius 1 is 1.21 bits per heavy atom. The lowest BCUT2D eigenvalue weighted by Crippen LogP contribution is -2.05. The SMILES string of the molecule is CCC(=O)c1cn(-c2ccccn2)nc1NCc1ccc(F)cc1. The summed E-state index contributed by atoms with van der Waals surface area (Å²) in [5.74, 6) is 0.855. The van der Waals surface area contributed by atoms with Gasteiger partial charge in [0.1, 0.15) is 5.82 Å². The predicted molar refractivity (Wildman–Crippen MR) is 89.7 cm³/mol. The molecule has 0 fully saturated rings. The minimum absolute atomic E-state index is 0.00112. The van der Waals surface area contributed by atoms with Crippen molar-refractivity contribution >= 4 is 11.6 Å². The Kier molecular flexibility index (Phi) is 4.65. The Labute approximate surface area is 139 Å². The Morgan fingerprint density at radius 3 is 2.67 bits per heavy atom. The van der Waals surface area contributed by atoms with Crippen LogP contribution in [0.25, 0.3) is 5.82 Å². The summed E-state index contributed by atoms with van der Waals surface area (Å²) in [7, 11) is 0. The van der Waals surface area contributed by atoms with Crippen LogP contribution in [0.15, 0.2) is 54.9 Å². The molecule has 6 heteroatoms. The molecule has 2 heterocycles. The van der Waals surface area contributed by atoms with Gasteiger partial charge in [0.25, 0.3) is 0 Å². The van der Waals surface area contributed by atoms with E-state index in [9.17, 15) is 9.18 Å². The molecule has 0 unspecified atom stereocenters. The van der Waals surface area contributed by atoms with Crippen LogP contribution in [0.5, 0.6) is 0 Å². The fourth-order valence-corrected chi connectivity index (χ4v) is 2.29. The standard InChI is InChI=1S/C18H17FN4O/c1-2-16(24)15-12-23(17-5-3-4-10-20-17)22-18(15)21-11-13-6-8-14(19)9-7-13/h3-10,12H,2,11H2,1H3,(H,21,22). The summed E-state index contributed by atoms with van der Waals surface area (Å²) < 4.78 is 14.5. The topological polar surface area (TPSA) is 59.8 Å². The lowest BCUT2D eigenvalue weighted by Gasteiger charge is -2.05. The van der Waals surface area contributed by atoms with Gasteiger partial charge in [0, 0.05) is 25.4 Å². The highest BCUT2D eigenvalue weighted by Gasteiger charge is 2.16. The second kappa shape index (κ2) is 7.04. The first kappa shape index (κ1) is 15.9. The largest absolute Gasteiger partial charge is 0.364 e.